The molecule has 3 aromatic rings. The molecule has 1 heterocycles. The largest absolute Gasteiger partial charge is 0.422 e. The summed E-state index contributed by atoms with van der Waals surface area (Å²) in [5.41, 5.74) is 1.94. The molecule has 3 rings (SSSR count). The number of esters is 1. The Labute approximate surface area is 158 Å². The predicted molar refractivity (Wildman–Crippen MR) is 101 cm³/mol. The average Bonchev–Trinajstić information content (AvgIpc) is 2.69. The van der Waals surface area contributed by atoms with Gasteiger partial charge in [0.1, 0.15) is 5.75 Å². The lowest BCUT2D eigenvalue weighted by Crippen LogP contribution is -2.38. The average molecular weight is 361 g/mol. The van der Waals surface area contributed by atoms with Crippen molar-refractivity contribution in [2.45, 2.75) is 26.3 Å². The molecule has 2 aromatic carbocycles. The van der Waals surface area contributed by atoms with E-state index < -0.39 is 5.97 Å². The van der Waals surface area contributed by atoms with Crippen LogP contribution in [0.3, 0.4) is 0 Å². The zero-order chi connectivity index (χ0) is 19.2. The van der Waals surface area contributed by atoms with Crippen LogP contribution < -0.4 is 9.30 Å². The zero-order valence-corrected chi connectivity index (χ0v) is 15.3. The number of rotatable bonds is 6. The van der Waals surface area contributed by atoms with E-state index in [0.717, 1.165) is 0 Å². The lowest BCUT2D eigenvalue weighted by molar-refractivity contribution is -0.683. The van der Waals surface area contributed by atoms with Crippen molar-refractivity contribution in [1.82, 2.24) is 4.98 Å². The van der Waals surface area contributed by atoms with Crippen LogP contribution in [0, 0.1) is 0 Å². The number of benzene rings is 2. The molecule has 0 spiro atoms. The summed E-state index contributed by atoms with van der Waals surface area (Å²) in [5, 5.41) is 0. The standard InChI is InChI=1S/C22H21N2O3/c1-16(2)17-8-10-19(11-9-17)27-22(26)20-14-24(13-12-23-20)15-21(25)18-6-4-3-5-7-18/h3-14,16H,15H2,1-2H3/q+1. The van der Waals surface area contributed by atoms with Crippen LogP contribution in [0.1, 0.15) is 46.2 Å². The Hall–Kier alpha value is -3.34. The van der Waals surface area contributed by atoms with E-state index in [-0.39, 0.29) is 18.0 Å². The van der Waals surface area contributed by atoms with E-state index in [4.69, 9.17) is 4.74 Å². The van der Waals surface area contributed by atoms with E-state index in [2.05, 4.69) is 18.8 Å². The van der Waals surface area contributed by atoms with Crippen LogP contribution in [0.25, 0.3) is 0 Å². The van der Waals surface area contributed by atoms with Crippen molar-refractivity contribution >= 4 is 11.8 Å². The Morgan fingerprint density at radius 1 is 1.04 bits per heavy atom. The molecular weight excluding hydrogens is 340 g/mol. The van der Waals surface area contributed by atoms with E-state index in [1.807, 2.05) is 30.3 Å². The van der Waals surface area contributed by atoms with Crippen molar-refractivity contribution in [3.05, 3.63) is 90.0 Å². The van der Waals surface area contributed by atoms with E-state index in [1.165, 1.54) is 18.0 Å². The minimum atomic E-state index is -0.561. The van der Waals surface area contributed by atoms with Gasteiger partial charge in [-0.1, -0.05) is 56.3 Å². The highest BCUT2D eigenvalue weighted by molar-refractivity contribution is 5.95. The number of nitrogens with zero attached hydrogens (tertiary/aromatic N) is 2. The monoisotopic (exact) mass is 361 g/mol. The summed E-state index contributed by atoms with van der Waals surface area (Å²) in [7, 11) is 0. The molecule has 0 fully saturated rings. The first kappa shape index (κ1) is 18.5. The molecular formula is C22H21N2O3+. The normalized spacial score (nSPS) is 10.6. The second kappa shape index (κ2) is 8.36. The molecule has 5 nitrogen and oxygen atoms in total. The third-order valence-corrected chi connectivity index (χ3v) is 4.15. The molecule has 136 valence electrons. The third-order valence-electron chi connectivity index (χ3n) is 4.15. The molecule has 0 atom stereocenters. The number of ketones is 1. The summed E-state index contributed by atoms with van der Waals surface area (Å²) in [4.78, 5) is 28.7. The van der Waals surface area contributed by atoms with Crippen LogP contribution in [-0.4, -0.2) is 16.7 Å². The van der Waals surface area contributed by atoms with Crippen LogP contribution in [0.4, 0.5) is 0 Å². The lowest BCUT2D eigenvalue weighted by atomic mass is 10.0. The highest BCUT2D eigenvalue weighted by Crippen LogP contribution is 2.19. The highest BCUT2D eigenvalue weighted by atomic mass is 16.5. The first-order valence-corrected chi connectivity index (χ1v) is 8.78. The van der Waals surface area contributed by atoms with Crippen LogP contribution >= 0.6 is 0 Å². The molecule has 0 amide bonds. The van der Waals surface area contributed by atoms with Crippen molar-refractivity contribution in [3.63, 3.8) is 0 Å². The van der Waals surface area contributed by atoms with E-state index in [0.29, 0.717) is 17.2 Å². The van der Waals surface area contributed by atoms with Crippen molar-refractivity contribution in [2.75, 3.05) is 0 Å². The van der Waals surface area contributed by atoms with Gasteiger partial charge in [0.15, 0.2) is 6.20 Å². The summed E-state index contributed by atoms with van der Waals surface area (Å²) in [6.07, 6.45) is 4.65. The molecule has 0 bridgehead atoms. The molecule has 27 heavy (non-hydrogen) atoms. The molecule has 0 aliphatic rings. The van der Waals surface area contributed by atoms with Crippen molar-refractivity contribution < 1.29 is 18.9 Å². The van der Waals surface area contributed by atoms with Crippen molar-refractivity contribution in [2.24, 2.45) is 0 Å². The maximum Gasteiger partial charge on any atom is 0.368 e. The Balaban J connectivity index is 1.69. The van der Waals surface area contributed by atoms with Gasteiger partial charge in [0, 0.05) is 5.56 Å². The fourth-order valence-electron chi connectivity index (χ4n) is 2.60. The van der Waals surface area contributed by atoms with E-state index in [1.54, 1.807) is 35.0 Å². The summed E-state index contributed by atoms with van der Waals surface area (Å²) >= 11 is 0. The molecule has 1 aromatic heterocycles. The van der Waals surface area contributed by atoms with Gasteiger partial charge in [-0.05, 0) is 23.6 Å². The van der Waals surface area contributed by atoms with E-state index in [9.17, 15) is 9.59 Å². The van der Waals surface area contributed by atoms with Gasteiger partial charge >= 0.3 is 5.97 Å². The lowest BCUT2D eigenvalue weighted by Gasteiger charge is -2.07. The topological polar surface area (TPSA) is 60.1 Å². The second-order valence-electron chi connectivity index (χ2n) is 6.52. The molecule has 0 unspecified atom stereocenters. The highest BCUT2D eigenvalue weighted by Gasteiger charge is 2.18. The van der Waals surface area contributed by atoms with Gasteiger partial charge < -0.3 is 4.74 Å². The smallest absolute Gasteiger partial charge is 0.368 e. The predicted octanol–water partition coefficient (Wildman–Crippen LogP) is 3.59. The van der Waals surface area contributed by atoms with Crippen LogP contribution in [0.5, 0.6) is 5.75 Å². The van der Waals surface area contributed by atoms with Crippen LogP contribution in [-0.2, 0) is 6.54 Å². The molecule has 5 heteroatoms. The van der Waals surface area contributed by atoms with E-state index >= 15 is 0 Å². The summed E-state index contributed by atoms with van der Waals surface area (Å²) < 4.78 is 7.01. The number of aromatic nitrogens is 2. The van der Waals surface area contributed by atoms with Gasteiger partial charge in [-0.15, -0.1) is 0 Å². The maximum absolute atomic E-state index is 12.4. The van der Waals surface area contributed by atoms with Gasteiger partial charge in [0.25, 0.3) is 0 Å². The molecule has 0 aliphatic carbocycles. The van der Waals surface area contributed by atoms with Gasteiger partial charge in [0.2, 0.25) is 24.2 Å². The van der Waals surface area contributed by atoms with Crippen LogP contribution in [0.15, 0.2) is 73.2 Å². The molecule has 0 aliphatic heterocycles. The number of ether oxygens (including phenoxy) is 1. The van der Waals surface area contributed by atoms with Crippen molar-refractivity contribution in [1.29, 1.82) is 0 Å². The first-order valence-electron chi connectivity index (χ1n) is 8.78. The van der Waals surface area contributed by atoms with Crippen molar-refractivity contribution in [3.8, 4) is 5.75 Å². The Kier molecular flexibility index (Phi) is 5.71. The first-order chi connectivity index (χ1) is 13.0. The number of carbonyl (C=O) groups is 2. The van der Waals surface area contributed by atoms with Gasteiger partial charge in [-0.25, -0.2) is 9.78 Å². The number of Topliss-reactive ketones (excluding diaryl/α,β-unsaturated/α-hetero) is 1. The van der Waals surface area contributed by atoms with Gasteiger partial charge in [-0.3, -0.25) is 4.79 Å². The minimum absolute atomic E-state index is 0.0459. The second-order valence-corrected chi connectivity index (χ2v) is 6.52. The van der Waals surface area contributed by atoms with Crippen LogP contribution in [0.2, 0.25) is 0 Å². The molecule has 0 radical (unpaired) electrons. The fourth-order valence-corrected chi connectivity index (χ4v) is 2.60. The maximum atomic E-state index is 12.4. The molecule has 0 saturated carbocycles. The SMILES string of the molecule is CC(C)c1ccc(OC(=O)c2c[n+](CC(=O)c3ccccc3)ccn2)cc1. The molecule has 0 N–H and O–H groups in total. The third kappa shape index (κ3) is 4.85. The molecule has 0 saturated heterocycles. The fraction of sp³-hybridized carbons (Fsp3) is 0.182. The van der Waals surface area contributed by atoms with Gasteiger partial charge in [-0.2, -0.15) is 4.57 Å². The summed E-state index contributed by atoms with van der Waals surface area (Å²) in [6, 6.07) is 16.4. The zero-order valence-electron chi connectivity index (χ0n) is 15.3. The Bertz CT molecular complexity index is 935. The van der Waals surface area contributed by atoms with Gasteiger partial charge in [0.05, 0.1) is 6.20 Å². The Morgan fingerprint density at radius 3 is 2.41 bits per heavy atom. The number of carbonyl (C=O) groups excluding carboxylic acids is 2. The number of hydrogen-bond donors (Lipinski definition) is 0. The minimum Gasteiger partial charge on any atom is -0.422 e. The Morgan fingerprint density at radius 2 is 1.74 bits per heavy atom. The quantitative estimate of drug-likeness (QED) is 0.291. The summed E-state index contributed by atoms with van der Waals surface area (Å²) in [5.74, 6) is 0.262. The number of hydrogen-bond acceptors (Lipinski definition) is 4. The summed E-state index contributed by atoms with van der Waals surface area (Å²) in [6.45, 7) is 4.32.